The van der Waals surface area contributed by atoms with Gasteiger partial charge in [0.25, 0.3) is 0 Å². The molecule has 8 heteroatoms. The lowest BCUT2D eigenvalue weighted by Gasteiger charge is -1.83. The topological polar surface area (TPSA) is 261 Å². The van der Waals surface area contributed by atoms with Crippen molar-refractivity contribution in [3.05, 3.63) is 36.5 Å². The minimum Gasteiger partial charge on any atom is -0.361 e. The monoisotopic (exact) mass is 236 g/mol. The molecule has 0 atom stereocenters. The van der Waals surface area contributed by atoms with Gasteiger partial charge in [-0.05, 0) is 17.5 Å². The molecule has 8 nitrogen and oxygen atoms in total. The van der Waals surface area contributed by atoms with Crippen molar-refractivity contribution in [1.29, 1.82) is 0 Å². The van der Waals surface area contributed by atoms with Gasteiger partial charge in [0.15, 0.2) is 0 Å². The van der Waals surface area contributed by atoms with E-state index in [4.69, 9.17) is 0 Å². The van der Waals surface area contributed by atoms with Crippen LogP contribution in [0.3, 0.4) is 0 Å². The predicted molar refractivity (Wildman–Crippen MR) is 73.5 cm³/mol. The van der Waals surface area contributed by atoms with Crippen LogP contribution >= 0.6 is 0 Å². The Morgan fingerprint density at radius 1 is 0.625 bits per heavy atom. The highest BCUT2D eigenvalue weighted by Gasteiger charge is 1.86. The summed E-state index contributed by atoms with van der Waals surface area (Å²) in [5.74, 6) is 0. The first-order chi connectivity index (χ1) is 4.47. The van der Waals surface area contributed by atoms with Crippen LogP contribution < -0.4 is 43.1 Å². The third-order valence-corrected chi connectivity index (χ3v) is 1.46. The van der Waals surface area contributed by atoms with Crippen molar-refractivity contribution >= 4 is 10.9 Å². The largest absolute Gasteiger partial charge is 0.361 e. The fourth-order valence-electron chi connectivity index (χ4n) is 0.995. The number of para-hydroxylation sites is 1. The van der Waals surface area contributed by atoms with Crippen molar-refractivity contribution in [2.45, 2.75) is 0 Å². The number of aromatic nitrogens is 1. The standard InChI is InChI=1S/C8H7N.7H3N/c1-2-4-8-7(3-1)5-6-9-8;;;;;;;/h1-6,9H;7*1H3. The summed E-state index contributed by atoms with van der Waals surface area (Å²) < 4.78 is 0. The van der Waals surface area contributed by atoms with E-state index in [-0.39, 0.29) is 43.1 Å². The summed E-state index contributed by atoms with van der Waals surface area (Å²) in [6.45, 7) is 0. The highest BCUT2D eigenvalue weighted by atomic mass is 14.6. The number of H-pyrrole nitrogens is 1. The van der Waals surface area contributed by atoms with Gasteiger partial charge in [-0.2, -0.15) is 0 Å². The van der Waals surface area contributed by atoms with Crippen molar-refractivity contribution in [3.63, 3.8) is 0 Å². The van der Waals surface area contributed by atoms with Crippen molar-refractivity contribution in [1.82, 2.24) is 48.0 Å². The van der Waals surface area contributed by atoms with Crippen LogP contribution in [0.4, 0.5) is 0 Å². The molecule has 100 valence electrons. The maximum atomic E-state index is 3.12. The molecular formula is C8H28N8. The Morgan fingerprint density at radius 2 is 1.12 bits per heavy atom. The van der Waals surface area contributed by atoms with E-state index < -0.39 is 0 Å². The average Bonchev–Trinajstić information content (AvgIpc) is 2.33. The first-order valence-electron chi connectivity index (χ1n) is 2.99. The van der Waals surface area contributed by atoms with Crippen LogP contribution in [0.25, 0.3) is 10.9 Å². The molecule has 0 aliphatic heterocycles. The average molecular weight is 236 g/mol. The molecule has 16 heavy (non-hydrogen) atoms. The number of fused-ring (bicyclic) bond motifs is 1. The van der Waals surface area contributed by atoms with E-state index in [0.29, 0.717) is 0 Å². The Kier molecular flexibility index (Phi) is 36.4. The second-order valence-electron chi connectivity index (χ2n) is 2.06. The summed E-state index contributed by atoms with van der Waals surface area (Å²) in [7, 11) is 0. The van der Waals surface area contributed by atoms with Gasteiger partial charge in [0.2, 0.25) is 0 Å². The van der Waals surface area contributed by atoms with E-state index in [9.17, 15) is 0 Å². The summed E-state index contributed by atoms with van der Waals surface area (Å²) >= 11 is 0. The molecule has 0 fully saturated rings. The normalized spacial score (nSPS) is 5.75. The molecule has 0 aliphatic carbocycles. The van der Waals surface area contributed by atoms with Crippen LogP contribution in [0.1, 0.15) is 0 Å². The van der Waals surface area contributed by atoms with Crippen LogP contribution in [0.5, 0.6) is 0 Å². The Balaban J connectivity index is -0.0000000357. The highest BCUT2D eigenvalue weighted by Crippen LogP contribution is 2.09. The molecule has 0 spiro atoms. The number of hydrogen-bond acceptors (Lipinski definition) is 7. The van der Waals surface area contributed by atoms with Crippen molar-refractivity contribution in [2.24, 2.45) is 0 Å². The number of aromatic amines is 1. The van der Waals surface area contributed by atoms with Gasteiger partial charge in [-0.3, -0.25) is 0 Å². The molecule has 0 unspecified atom stereocenters. The SMILES string of the molecule is N.N.N.N.N.N.N.c1ccc2[nH]ccc2c1. The molecule has 1 aromatic heterocycles. The van der Waals surface area contributed by atoms with Crippen molar-refractivity contribution in [2.75, 3.05) is 0 Å². The molecule has 1 heterocycles. The van der Waals surface area contributed by atoms with Gasteiger partial charge in [0, 0.05) is 11.7 Å². The van der Waals surface area contributed by atoms with E-state index in [0.717, 1.165) is 0 Å². The minimum atomic E-state index is 0. The third kappa shape index (κ3) is 6.86. The summed E-state index contributed by atoms with van der Waals surface area (Å²) in [5, 5.41) is 1.28. The molecule has 0 saturated carbocycles. The van der Waals surface area contributed by atoms with Gasteiger partial charge in [-0.1, -0.05) is 18.2 Å². The third-order valence-electron chi connectivity index (χ3n) is 1.46. The second-order valence-corrected chi connectivity index (χ2v) is 2.06. The van der Waals surface area contributed by atoms with Gasteiger partial charge < -0.3 is 48.0 Å². The quantitative estimate of drug-likeness (QED) is 0.337. The molecule has 0 aliphatic rings. The lowest BCUT2D eigenvalue weighted by molar-refractivity contribution is 1.48. The molecule has 22 N–H and O–H groups in total. The van der Waals surface area contributed by atoms with E-state index in [2.05, 4.69) is 23.2 Å². The number of hydrogen-bond donors (Lipinski definition) is 8. The molecular weight excluding hydrogens is 208 g/mol. The molecule has 2 rings (SSSR count). The Hall–Kier alpha value is -1.52. The van der Waals surface area contributed by atoms with Crippen LogP contribution in [-0.2, 0) is 0 Å². The first-order valence-corrected chi connectivity index (χ1v) is 2.99. The van der Waals surface area contributed by atoms with Gasteiger partial charge in [0.1, 0.15) is 0 Å². The number of nitrogens with one attached hydrogen (secondary N) is 1. The van der Waals surface area contributed by atoms with Crippen molar-refractivity contribution < 1.29 is 0 Å². The van der Waals surface area contributed by atoms with Crippen LogP contribution in [-0.4, -0.2) is 4.98 Å². The van der Waals surface area contributed by atoms with E-state index in [1.807, 2.05) is 18.3 Å². The molecule has 0 amide bonds. The highest BCUT2D eigenvalue weighted by molar-refractivity contribution is 5.78. The molecule has 1 aromatic carbocycles. The fraction of sp³-hybridized carbons (Fsp3) is 0. The predicted octanol–water partition coefficient (Wildman–Crippen LogP) is 3.30. The molecule has 2 aromatic rings. The molecule has 0 bridgehead atoms. The second kappa shape index (κ2) is 15.9. The lowest BCUT2D eigenvalue weighted by atomic mass is 10.3. The van der Waals surface area contributed by atoms with Crippen LogP contribution in [0.2, 0.25) is 0 Å². The Morgan fingerprint density at radius 3 is 1.62 bits per heavy atom. The Bertz CT molecular complexity index is 290. The lowest BCUT2D eigenvalue weighted by Crippen LogP contribution is -1.61. The van der Waals surface area contributed by atoms with E-state index in [1.165, 1.54) is 10.9 Å². The maximum Gasteiger partial charge on any atom is 0.0453 e. The van der Waals surface area contributed by atoms with E-state index >= 15 is 0 Å². The maximum absolute atomic E-state index is 3.12. The van der Waals surface area contributed by atoms with Gasteiger partial charge >= 0.3 is 0 Å². The Labute approximate surface area is 96.3 Å². The number of rotatable bonds is 0. The van der Waals surface area contributed by atoms with Crippen LogP contribution in [0.15, 0.2) is 36.5 Å². The summed E-state index contributed by atoms with van der Waals surface area (Å²) in [5.41, 5.74) is 1.21. The molecule has 0 saturated heterocycles. The van der Waals surface area contributed by atoms with Crippen LogP contribution in [0, 0.1) is 0 Å². The van der Waals surface area contributed by atoms with Gasteiger partial charge in [-0.25, -0.2) is 0 Å². The summed E-state index contributed by atoms with van der Waals surface area (Å²) in [6, 6.07) is 10.3. The fourth-order valence-corrected chi connectivity index (χ4v) is 0.995. The zero-order valence-corrected chi connectivity index (χ0v) is 9.91. The summed E-state index contributed by atoms with van der Waals surface area (Å²) in [4.78, 5) is 3.12. The zero-order chi connectivity index (χ0) is 6.10. The van der Waals surface area contributed by atoms with Crippen molar-refractivity contribution in [3.8, 4) is 0 Å². The van der Waals surface area contributed by atoms with E-state index in [1.54, 1.807) is 0 Å². The minimum absolute atomic E-state index is 0. The van der Waals surface area contributed by atoms with Gasteiger partial charge in [-0.15, -0.1) is 0 Å². The number of benzene rings is 1. The van der Waals surface area contributed by atoms with Gasteiger partial charge in [0.05, 0.1) is 0 Å². The summed E-state index contributed by atoms with van der Waals surface area (Å²) in [6.07, 6.45) is 1.95. The first kappa shape index (κ1) is 36.6. The smallest absolute Gasteiger partial charge is 0.0453 e. The zero-order valence-electron chi connectivity index (χ0n) is 9.91. The molecule has 0 radical (unpaired) electrons.